The molecule has 0 saturated heterocycles. The second-order valence-electron chi connectivity index (χ2n) is 5.88. The van der Waals surface area contributed by atoms with Crippen molar-refractivity contribution in [2.45, 2.75) is 6.92 Å². The molecule has 0 spiro atoms. The molecule has 134 valence electrons. The fourth-order valence-electron chi connectivity index (χ4n) is 2.60. The van der Waals surface area contributed by atoms with E-state index in [2.05, 4.69) is 20.3 Å². The fourth-order valence-corrected chi connectivity index (χ4v) is 2.60. The summed E-state index contributed by atoms with van der Waals surface area (Å²) in [6.45, 7) is 1.89. The number of halogens is 1. The first-order chi connectivity index (χ1) is 14.7. The van der Waals surface area contributed by atoms with E-state index in [0.717, 1.165) is 17.1 Å². The Morgan fingerprint density at radius 1 is 1.11 bits per heavy atom. The molecule has 6 nitrogen and oxygen atoms in total. The number of carbonyl (C=O) groups is 1. The molecule has 1 N–H and O–H groups in total. The molecule has 0 atom stereocenters. The van der Waals surface area contributed by atoms with Gasteiger partial charge in [-0.3, -0.25) is 9.78 Å². The molecule has 3 heterocycles. The molecule has 0 radical (unpaired) electrons. The number of aryl methyl sites for hydroxylation is 1. The summed E-state index contributed by atoms with van der Waals surface area (Å²) in [6, 6.07) is 0.117. The number of fused-ring (bicyclic) bond motifs is 1. The minimum atomic E-state index is -1.31. The van der Waals surface area contributed by atoms with Gasteiger partial charge in [-0.2, -0.15) is 0 Å². The van der Waals surface area contributed by atoms with E-state index in [1.54, 1.807) is 18.5 Å². The monoisotopic (exact) mass is 365 g/mol. The Morgan fingerprint density at radius 2 is 1.89 bits per heavy atom. The van der Waals surface area contributed by atoms with Gasteiger partial charge in [-0.15, -0.1) is 0 Å². The van der Waals surface area contributed by atoms with Crippen molar-refractivity contribution in [1.29, 1.82) is 0 Å². The highest BCUT2D eigenvalue weighted by Crippen LogP contribution is 2.24. The maximum Gasteiger partial charge on any atom is 0.256 e. The van der Waals surface area contributed by atoms with Gasteiger partial charge in [0.15, 0.2) is 0 Å². The van der Waals surface area contributed by atoms with Gasteiger partial charge in [0.25, 0.3) is 5.91 Å². The molecule has 4 rings (SSSR count). The Kier molecular flexibility index (Phi) is 3.10. The van der Waals surface area contributed by atoms with Crippen LogP contribution in [0.1, 0.15) is 21.7 Å². The van der Waals surface area contributed by atoms with Crippen molar-refractivity contribution >= 4 is 22.6 Å². The molecule has 27 heavy (non-hydrogen) atoms. The Bertz CT molecular complexity index is 1340. The number of amides is 1. The van der Waals surface area contributed by atoms with E-state index in [4.69, 9.17) is 5.48 Å². The lowest BCUT2D eigenvalue weighted by molar-refractivity contribution is 0.102. The summed E-state index contributed by atoms with van der Waals surface area (Å²) in [5.41, 5.74) is 1.71. The van der Waals surface area contributed by atoms with Crippen LogP contribution in [0.15, 0.2) is 54.9 Å². The van der Waals surface area contributed by atoms with Crippen molar-refractivity contribution in [2.24, 2.45) is 7.05 Å². The third-order valence-electron chi connectivity index (χ3n) is 4.15. The van der Waals surface area contributed by atoms with Crippen LogP contribution in [-0.2, 0) is 7.05 Å². The highest BCUT2D eigenvalue weighted by molar-refractivity contribution is 6.04. The average Bonchev–Trinajstić information content (AvgIpc) is 3.09. The molecule has 7 heteroatoms. The van der Waals surface area contributed by atoms with Gasteiger partial charge in [0.2, 0.25) is 0 Å². The molecular weight excluding hydrogens is 345 g/mol. The van der Waals surface area contributed by atoms with Gasteiger partial charge in [-0.25, -0.2) is 14.4 Å². The predicted molar refractivity (Wildman–Crippen MR) is 101 cm³/mol. The van der Waals surface area contributed by atoms with Crippen LogP contribution < -0.4 is 5.32 Å². The summed E-state index contributed by atoms with van der Waals surface area (Å²) < 4.78 is 46.4. The van der Waals surface area contributed by atoms with E-state index < -0.39 is 41.5 Å². The zero-order chi connectivity index (χ0) is 22.4. The van der Waals surface area contributed by atoms with E-state index in [-0.39, 0.29) is 5.82 Å². The van der Waals surface area contributed by atoms with Crippen LogP contribution in [0.3, 0.4) is 0 Å². The number of pyridine rings is 2. The maximum absolute atomic E-state index is 13.7. The van der Waals surface area contributed by atoms with E-state index in [9.17, 15) is 9.18 Å². The highest BCUT2D eigenvalue weighted by atomic mass is 19.1. The smallest absolute Gasteiger partial charge is 0.256 e. The zero-order valence-electron chi connectivity index (χ0n) is 18.5. The lowest BCUT2D eigenvalue weighted by Crippen LogP contribution is -2.12. The second-order valence-corrected chi connectivity index (χ2v) is 5.88. The molecule has 1 aromatic carbocycles. The van der Waals surface area contributed by atoms with Gasteiger partial charge in [-0.05, 0) is 43.2 Å². The van der Waals surface area contributed by atoms with Gasteiger partial charge in [-0.1, -0.05) is 0 Å². The number of nitrogens with zero attached hydrogens (tertiary/aromatic N) is 4. The van der Waals surface area contributed by atoms with Crippen LogP contribution in [0, 0.1) is 12.7 Å². The van der Waals surface area contributed by atoms with E-state index in [0.29, 0.717) is 10.9 Å². The number of aromatic nitrogens is 4. The van der Waals surface area contributed by atoms with Gasteiger partial charge >= 0.3 is 0 Å². The molecule has 0 saturated carbocycles. The van der Waals surface area contributed by atoms with Crippen molar-refractivity contribution in [3.05, 3.63) is 72.1 Å². The molecular formula is C20H16FN5O. The normalized spacial score (nSPS) is 13.0. The molecule has 0 fully saturated rings. The first kappa shape index (κ1) is 12.7. The summed E-state index contributed by atoms with van der Waals surface area (Å²) in [7, 11) is 1.89. The number of imidazole rings is 1. The Labute approximate surface area is 160 Å². The summed E-state index contributed by atoms with van der Waals surface area (Å²) in [5.74, 6) is -1.26. The van der Waals surface area contributed by atoms with Crippen molar-refractivity contribution in [1.82, 2.24) is 19.5 Å². The molecule has 0 aliphatic carbocycles. The van der Waals surface area contributed by atoms with E-state index >= 15 is 0 Å². The lowest BCUT2D eigenvalue weighted by atomic mass is 10.1. The molecule has 0 bridgehead atoms. The number of anilines is 1. The van der Waals surface area contributed by atoms with Gasteiger partial charge in [0.1, 0.15) is 17.5 Å². The van der Waals surface area contributed by atoms with Gasteiger partial charge in [0, 0.05) is 29.8 Å². The number of rotatable bonds is 3. The van der Waals surface area contributed by atoms with Crippen LogP contribution in [0.5, 0.6) is 0 Å². The number of nitrogens with one attached hydrogen (secondary N) is 1. The summed E-state index contributed by atoms with van der Waals surface area (Å²) >= 11 is 0. The van der Waals surface area contributed by atoms with Crippen molar-refractivity contribution in [3.8, 4) is 11.3 Å². The van der Waals surface area contributed by atoms with E-state index in [1.165, 1.54) is 6.20 Å². The van der Waals surface area contributed by atoms with Crippen molar-refractivity contribution in [2.75, 3.05) is 5.32 Å². The topological polar surface area (TPSA) is 72.7 Å². The third-order valence-corrected chi connectivity index (χ3v) is 4.15. The standard InChI is InChI=1S/C20H16FN5O/c1-12-22-11-18(26(12)2)15-7-14-8-19(24-10-17(14)23-9-15)25-20(27)13-3-5-16(21)6-4-13/h3-11H,1-2H3,(H,24,25,27)/i3D,4D,5D,6D. The van der Waals surface area contributed by atoms with Gasteiger partial charge < -0.3 is 9.88 Å². The number of hydrogen-bond donors (Lipinski definition) is 1. The number of carbonyl (C=O) groups excluding carboxylic acids is 1. The molecule has 4 aromatic rings. The van der Waals surface area contributed by atoms with Crippen LogP contribution in [-0.4, -0.2) is 25.4 Å². The largest absolute Gasteiger partial charge is 0.331 e. The molecule has 0 unspecified atom stereocenters. The lowest BCUT2D eigenvalue weighted by Gasteiger charge is -2.08. The highest BCUT2D eigenvalue weighted by Gasteiger charge is 2.10. The quantitative estimate of drug-likeness (QED) is 0.600. The van der Waals surface area contributed by atoms with Gasteiger partial charge in [0.05, 0.1) is 29.1 Å². The summed E-state index contributed by atoms with van der Waals surface area (Å²) in [6.07, 6.45) is 4.89. The summed E-state index contributed by atoms with van der Waals surface area (Å²) in [4.78, 5) is 25.4. The van der Waals surface area contributed by atoms with Crippen molar-refractivity contribution < 1.29 is 14.7 Å². The zero-order valence-corrected chi connectivity index (χ0v) is 14.5. The fraction of sp³-hybridized carbons (Fsp3) is 0.100. The van der Waals surface area contributed by atoms with Crippen LogP contribution in [0.4, 0.5) is 10.2 Å². The molecule has 1 amide bonds. The minimum absolute atomic E-state index is 0.124. The number of benzene rings is 1. The maximum atomic E-state index is 13.7. The minimum Gasteiger partial charge on any atom is -0.331 e. The van der Waals surface area contributed by atoms with Crippen molar-refractivity contribution in [3.63, 3.8) is 0 Å². The molecule has 0 aliphatic rings. The third kappa shape index (κ3) is 3.27. The van der Waals surface area contributed by atoms with Crippen LogP contribution in [0.2, 0.25) is 0 Å². The van der Waals surface area contributed by atoms with E-state index in [1.807, 2.05) is 24.6 Å². The SMILES string of the molecule is [2H]c1c([2H])c(C(=O)Nc2cc3cc(-c4cnc(C)n4C)cnc3cn2)c([2H])c([2H])c1F. The molecule has 0 aliphatic heterocycles. The summed E-state index contributed by atoms with van der Waals surface area (Å²) in [5, 5.41) is 3.14. The second kappa shape index (κ2) is 6.60. The Morgan fingerprint density at radius 3 is 2.59 bits per heavy atom. The van der Waals surface area contributed by atoms with Crippen LogP contribution >= 0.6 is 0 Å². The average molecular weight is 365 g/mol. The predicted octanol–water partition coefficient (Wildman–Crippen LogP) is 3.73. The Hall–Kier alpha value is -3.61. The first-order valence-electron chi connectivity index (χ1n) is 10.0. The first-order valence-corrected chi connectivity index (χ1v) is 8.00. The Balaban J connectivity index is 1.71. The van der Waals surface area contributed by atoms with Crippen LogP contribution in [0.25, 0.3) is 22.2 Å². The number of hydrogen-bond acceptors (Lipinski definition) is 4. The molecule has 3 aromatic heterocycles.